The summed E-state index contributed by atoms with van der Waals surface area (Å²) in [4.78, 5) is 14.6. The van der Waals surface area contributed by atoms with Gasteiger partial charge in [0, 0.05) is 16.6 Å². The van der Waals surface area contributed by atoms with E-state index in [1.165, 1.54) is 0 Å². The molecule has 26 heavy (non-hydrogen) atoms. The van der Waals surface area contributed by atoms with Crippen LogP contribution in [0.4, 0.5) is 0 Å². The normalized spacial score (nSPS) is 16.4. The number of amides is 1. The minimum atomic E-state index is -0.0302. The average molecular weight is 420 g/mol. The second-order valence-corrected chi connectivity index (χ2v) is 7.01. The van der Waals surface area contributed by atoms with Gasteiger partial charge >= 0.3 is 0 Å². The van der Waals surface area contributed by atoms with Crippen LogP contribution < -0.4 is 14.2 Å². The fourth-order valence-electron chi connectivity index (χ4n) is 3.27. The van der Waals surface area contributed by atoms with Crippen molar-refractivity contribution in [3.05, 3.63) is 52.5 Å². The van der Waals surface area contributed by atoms with Gasteiger partial charge < -0.3 is 19.1 Å². The van der Waals surface area contributed by atoms with Crippen LogP contribution in [0.25, 0.3) is 0 Å². The Kier molecular flexibility index (Phi) is 6.04. The summed E-state index contributed by atoms with van der Waals surface area (Å²) in [6, 6.07) is 13.1. The number of carbonyl (C=O) groups is 1. The molecule has 0 radical (unpaired) electrons. The molecule has 1 atom stereocenters. The summed E-state index contributed by atoms with van der Waals surface area (Å²) in [5.74, 6) is 2.16. The van der Waals surface area contributed by atoms with Crippen LogP contribution >= 0.6 is 15.9 Å². The van der Waals surface area contributed by atoms with E-state index in [1.807, 2.05) is 47.4 Å². The smallest absolute Gasteiger partial charge is 0.261 e. The van der Waals surface area contributed by atoms with Crippen LogP contribution in [0.2, 0.25) is 0 Å². The van der Waals surface area contributed by atoms with E-state index in [0.29, 0.717) is 12.3 Å². The van der Waals surface area contributed by atoms with E-state index in [1.54, 1.807) is 14.2 Å². The predicted octanol–water partition coefficient (Wildman–Crippen LogP) is 4.21. The Labute approximate surface area is 162 Å². The van der Waals surface area contributed by atoms with Gasteiger partial charge in [-0.2, -0.15) is 0 Å². The molecule has 1 saturated heterocycles. The number of halogens is 1. The van der Waals surface area contributed by atoms with Crippen LogP contribution in [-0.2, 0) is 4.79 Å². The number of hydrogen-bond acceptors (Lipinski definition) is 4. The van der Waals surface area contributed by atoms with Gasteiger partial charge in [-0.3, -0.25) is 4.79 Å². The maximum absolute atomic E-state index is 12.8. The van der Waals surface area contributed by atoms with Gasteiger partial charge in [-0.1, -0.05) is 22.0 Å². The van der Waals surface area contributed by atoms with Crippen molar-refractivity contribution in [2.75, 3.05) is 27.4 Å². The molecule has 2 aromatic rings. The molecular formula is C20H22BrNO4. The molecule has 2 aromatic carbocycles. The largest absolute Gasteiger partial charge is 0.497 e. The minimum Gasteiger partial charge on any atom is -0.497 e. The number of nitrogens with zero attached hydrogens (tertiary/aromatic N) is 1. The topological polar surface area (TPSA) is 48.0 Å². The maximum Gasteiger partial charge on any atom is 0.261 e. The van der Waals surface area contributed by atoms with Crippen molar-refractivity contribution >= 4 is 21.8 Å². The number of ether oxygens (including phenoxy) is 3. The lowest BCUT2D eigenvalue weighted by molar-refractivity contribution is -0.134. The van der Waals surface area contributed by atoms with E-state index in [0.717, 1.165) is 34.4 Å². The number of likely N-dealkylation sites (tertiary alicyclic amines) is 1. The lowest BCUT2D eigenvalue weighted by Gasteiger charge is -2.26. The zero-order valence-electron chi connectivity index (χ0n) is 14.9. The Hall–Kier alpha value is -2.21. The highest BCUT2D eigenvalue weighted by Crippen LogP contribution is 2.39. The number of benzene rings is 2. The summed E-state index contributed by atoms with van der Waals surface area (Å²) < 4.78 is 17.4. The molecule has 138 valence electrons. The number of hydrogen-bond donors (Lipinski definition) is 0. The maximum atomic E-state index is 12.8. The molecule has 1 aliphatic heterocycles. The molecule has 0 N–H and O–H groups in total. The Morgan fingerprint density at radius 2 is 2.00 bits per heavy atom. The van der Waals surface area contributed by atoms with Gasteiger partial charge in [0.25, 0.3) is 5.91 Å². The Morgan fingerprint density at radius 3 is 2.73 bits per heavy atom. The van der Waals surface area contributed by atoms with E-state index < -0.39 is 0 Å². The first-order valence-electron chi connectivity index (χ1n) is 8.52. The Balaban J connectivity index is 1.74. The van der Waals surface area contributed by atoms with Crippen molar-refractivity contribution in [3.63, 3.8) is 0 Å². The highest BCUT2D eigenvalue weighted by molar-refractivity contribution is 9.10. The molecule has 0 aromatic heterocycles. The first-order chi connectivity index (χ1) is 12.6. The molecule has 0 spiro atoms. The predicted molar refractivity (Wildman–Crippen MR) is 103 cm³/mol. The minimum absolute atomic E-state index is 0.0131. The summed E-state index contributed by atoms with van der Waals surface area (Å²) >= 11 is 3.40. The van der Waals surface area contributed by atoms with E-state index in [2.05, 4.69) is 15.9 Å². The van der Waals surface area contributed by atoms with Crippen molar-refractivity contribution in [3.8, 4) is 17.2 Å². The van der Waals surface area contributed by atoms with Gasteiger partial charge in [0.2, 0.25) is 0 Å². The van der Waals surface area contributed by atoms with E-state index >= 15 is 0 Å². The summed E-state index contributed by atoms with van der Waals surface area (Å²) in [7, 11) is 3.28. The van der Waals surface area contributed by atoms with Crippen LogP contribution in [-0.4, -0.2) is 38.2 Å². The van der Waals surface area contributed by atoms with Crippen molar-refractivity contribution in [2.24, 2.45) is 0 Å². The van der Waals surface area contributed by atoms with E-state index in [4.69, 9.17) is 14.2 Å². The van der Waals surface area contributed by atoms with Gasteiger partial charge in [0.05, 0.1) is 20.3 Å². The van der Waals surface area contributed by atoms with Crippen LogP contribution in [0, 0.1) is 0 Å². The van der Waals surface area contributed by atoms with E-state index in [-0.39, 0.29) is 18.6 Å². The molecule has 6 heteroatoms. The fraction of sp³-hybridized carbons (Fsp3) is 0.350. The zero-order valence-corrected chi connectivity index (χ0v) is 16.5. The lowest BCUT2D eigenvalue weighted by Crippen LogP contribution is -2.34. The lowest BCUT2D eigenvalue weighted by atomic mass is 10.0. The summed E-state index contributed by atoms with van der Waals surface area (Å²) in [6.45, 7) is 0.727. The quantitative estimate of drug-likeness (QED) is 0.703. The van der Waals surface area contributed by atoms with Crippen LogP contribution in [0.1, 0.15) is 24.4 Å². The fourth-order valence-corrected chi connectivity index (χ4v) is 3.65. The van der Waals surface area contributed by atoms with Gasteiger partial charge in [-0.15, -0.1) is 0 Å². The number of rotatable bonds is 6. The highest BCUT2D eigenvalue weighted by atomic mass is 79.9. The van der Waals surface area contributed by atoms with Crippen molar-refractivity contribution in [1.29, 1.82) is 0 Å². The SMILES string of the molecule is COc1ccc(OC)c(C2CCCN2C(=O)COc2cccc(Br)c2)c1. The highest BCUT2D eigenvalue weighted by Gasteiger charge is 2.32. The van der Waals surface area contributed by atoms with Crippen molar-refractivity contribution < 1.29 is 19.0 Å². The molecule has 5 nitrogen and oxygen atoms in total. The zero-order chi connectivity index (χ0) is 18.5. The first-order valence-corrected chi connectivity index (χ1v) is 9.31. The Morgan fingerprint density at radius 1 is 1.15 bits per heavy atom. The molecule has 1 fully saturated rings. The number of carbonyl (C=O) groups excluding carboxylic acids is 1. The molecule has 1 heterocycles. The second-order valence-electron chi connectivity index (χ2n) is 6.10. The summed E-state index contributed by atoms with van der Waals surface area (Å²) in [6.07, 6.45) is 1.85. The first kappa shape index (κ1) is 18.6. The van der Waals surface area contributed by atoms with Gasteiger partial charge in [0.15, 0.2) is 6.61 Å². The standard InChI is InChI=1S/C20H22BrNO4/c1-24-15-8-9-19(25-2)17(12-15)18-7-4-10-22(18)20(23)13-26-16-6-3-5-14(21)11-16/h3,5-6,8-9,11-12,18H,4,7,10,13H2,1-2H3. The second kappa shape index (κ2) is 8.45. The van der Waals surface area contributed by atoms with Crippen LogP contribution in [0.3, 0.4) is 0 Å². The van der Waals surface area contributed by atoms with Gasteiger partial charge in [-0.05, 0) is 49.2 Å². The average Bonchev–Trinajstić information content (AvgIpc) is 3.15. The van der Waals surface area contributed by atoms with Crippen molar-refractivity contribution in [1.82, 2.24) is 4.90 Å². The van der Waals surface area contributed by atoms with Gasteiger partial charge in [-0.25, -0.2) is 0 Å². The molecule has 1 aliphatic rings. The van der Waals surface area contributed by atoms with Gasteiger partial charge in [0.1, 0.15) is 17.2 Å². The van der Waals surface area contributed by atoms with Crippen molar-refractivity contribution in [2.45, 2.75) is 18.9 Å². The molecule has 3 rings (SSSR count). The van der Waals surface area contributed by atoms with Crippen LogP contribution in [0.5, 0.6) is 17.2 Å². The molecule has 0 saturated carbocycles. The van der Waals surface area contributed by atoms with E-state index in [9.17, 15) is 4.79 Å². The summed E-state index contributed by atoms with van der Waals surface area (Å²) in [5, 5.41) is 0. The molecule has 0 bridgehead atoms. The molecular weight excluding hydrogens is 398 g/mol. The summed E-state index contributed by atoms with van der Waals surface area (Å²) in [5.41, 5.74) is 0.972. The Bertz CT molecular complexity index is 780. The third-order valence-electron chi connectivity index (χ3n) is 4.53. The molecule has 1 unspecified atom stereocenters. The molecule has 0 aliphatic carbocycles. The monoisotopic (exact) mass is 419 g/mol. The third-order valence-corrected chi connectivity index (χ3v) is 5.02. The van der Waals surface area contributed by atoms with Crippen LogP contribution in [0.15, 0.2) is 46.9 Å². The number of methoxy groups -OCH3 is 2. The molecule has 1 amide bonds. The third kappa shape index (κ3) is 4.12.